The Hall–Kier alpha value is -2.86. The minimum atomic E-state index is -0.608. The molecule has 0 amide bonds. The SMILES string of the molecule is COc1cccc(-c2c(C)n(Cc3c(C)cccc3F)c(=O)[nH]c2=O)c1Cl. The summed E-state index contributed by atoms with van der Waals surface area (Å²) in [5.41, 5.74) is 1.01. The highest BCUT2D eigenvalue weighted by Gasteiger charge is 2.19. The molecule has 0 saturated heterocycles. The van der Waals surface area contributed by atoms with Gasteiger partial charge in [-0.25, -0.2) is 9.18 Å². The second-order valence-corrected chi connectivity index (χ2v) is 6.54. The van der Waals surface area contributed by atoms with Crippen LogP contribution in [0.15, 0.2) is 46.0 Å². The summed E-state index contributed by atoms with van der Waals surface area (Å²) >= 11 is 6.37. The van der Waals surface area contributed by atoms with E-state index in [0.717, 1.165) is 0 Å². The number of aryl methyl sites for hydroxylation is 1. The number of halogens is 2. The molecule has 1 heterocycles. The van der Waals surface area contributed by atoms with E-state index >= 15 is 0 Å². The van der Waals surface area contributed by atoms with Gasteiger partial charge >= 0.3 is 5.69 Å². The van der Waals surface area contributed by atoms with Crippen LogP contribution in [0.4, 0.5) is 4.39 Å². The normalized spacial score (nSPS) is 10.9. The van der Waals surface area contributed by atoms with Crippen LogP contribution in [0.3, 0.4) is 0 Å². The van der Waals surface area contributed by atoms with Crippen molar-refractivity contribution in [1.29, 1.82) is 0 Å². The van der Waals surface area contributed by atoms with Crippen LogP contribution in [0.1, 0.15) is 16.8 Å². The minimum absolute atomic E-state index is 0.00542. The third kappa shape index (κ3) is 3.40. The summed E-state index contributed by atoms with van der Waals surface area (Å²) in [6.07, 6.45) is 0. The highest BCUT2D eigenvalue weighted by Crippen LogP contribution is 2.34. The van der Waals surface area contributed by atoms with Crippen molar-refractivity contribution >= 4 is 11.6 Å². The van der Waals surface area contributed by atoms with E-state index in [-0.39, 0.29) is 17.1 Å². The molecule has 0 aliphatic carbocycles. The number of rotatable bonds is 4. The molecule has 5 nitrogen and oxygen atoms in total. The lowest BCUT2D eigenvalue weighted by atomic mass is 10.0. The van der Waals surface area contributed by atoms with E-state index in [1.165, 1.54) is 17.7 Å². The Balaban J connectivity index is 2.24. The predicted octanol–water partition coefficient (Wildman–Crippen LogP) is 3.67. The third-order valence-electron chi connectivity index (χ3n) is 4.58. The Bertz CT molecular complexity index is 1110. The Kier molecular flexibility index (Phi) is 5.19. The van der Waals surface area contributed by atoms with Gasteiger partial charge in [0.2, 0.25) is 0 Å². The molecule has 7 heteroatoms. The van der Waals surface area contributed by atoms with E-state index in [1.807, 2.05) is 0 Å². The van der Waals surface area contributed by atoms with Gasteiger partial charge in [0.25, 0.3) is 5.56 Å². The van der Waals surface area contributed by atoms with Crippen molar-refractivity contribution in [2.75, 3.05) is 7.11 Å². The van der Waals surface area contributed by atoms with Crippen LogP contribution < -0.4 is 16.0 Å². The quantitative estimate of drug-likeness (QED) is 0.741. The molecule has 0 unspecified atom stereocenters. The number of benzene rings is 2. The number of nitrogens with zero attached hydrogens (tertiary/aromatic N) is 1. The van der Waals surface area contributed by atoms with Crippen LogP contribution in [0.25, 0.3) is 11.1 Å². The van der Waals surface area contributed by atoms with Gasteiger partial charge in [0.1, 0.15) is 11.6 Å². The van der Waals surface area contributed by atoms with E-state index in [4.69, 9.17) is 16.3 Å². The Morgan fingerprint density at radius 3 is 2.52 bits per heavy atom. The second kappa shape index (κ2) is 7.40. The van der Waals surface area contributed by atoms with Crippen LogP contribution in [0.2, 0.25) is 5.02 Å². The van der Waals surface area contributed by atoms with E-state index < -0.39 is 17.1 Å². The predicted molar refractivity (Wildman–Crippen MR) is 103 cm³/mol. The summed E-state index contributed by atoms with van der Waals surface area (Å²) in [5.74, 6) is 0.00382. The van der Waals surface area contributed by atoms with Crippen molar-refractivity contribution in [2.45, 2.75) is 20.4 Å². The van der Waals surface area contributed by atoms with Gasteiger partial charge in [0.15, 0.2) is 0 Å². The second-order valence-electron chi connectivity index (χ2n) is 6.16. The molecule has 0 fully saturated rings. The van der Waals surface area contributed by atoms with Crippen LogP contribution in [-0.2, 0) is 6.54 Å². The minimum Gasteiger partial charge on any atom is -0.495 e. The zero-order valence-electron chi connectivity index (χ0n) is 15.1. The first-order valence-electron chi connectivity index (χ1n) is 8.25. The summed E-state index contributed by atoms with van der Waals surface area (Å²) in [4.78, 5) is 27.2. The summed E-state index contributed by atoms with van der Waals surface area (Å²) in [6.45, 7) is 3.40. The molecular weight excluding hydrogens is 371 g/mol. The molecule has 27 heavy (non-hydrogen) atoms. The van der Waals surface area contributed by atoms with Gasteiger partial charge in [0, 0.05) is 16.8 Å². The van der Waals surface area contributed by atoms with Crippen molar-refractivity contribution in [3.63, 3.8) is 0 Å². The summed E-state index contributed by atoms with van der Waals surface area (Å²) < 4.78 is 20.8. The molecule has 0 aliphatic rings. The maximum absolute atomic E-state index is 14.2. The Morgan fingerprint density at radius 1 is 1.15 bits per heavy atom. The summed E-state index contributed by atoms with van der Waals surface area (Å²) in [5, 5.41) is 0.265. The lowest BCUT2D eigenvalue weighted by molar-refractivity contribution is 0.415. The fraction of sp³-hybridized carbons (Fsp3) is 0.200. The maximum atomic E-state index is 14.2. The van der Waals surface area contributed by atoms with Crippen LogP contribution in [0, 0.1) is 19.7 Å². The highest BCUT2D eigenvalue weighted by atomic mass is 35.5. The van der Waals surface area contributed by atoms with Crippen molar-refractivity contribution in [3.8, 4) is 16.9 Å². The monoisotopic (exact) mass is 388 g/mol. The zero-order chi connectivity index (χ0) is 19.7. The molecule has 1 aromatic heterocycles. The zero-order valence-corrected chi connectivity index (χ0v) is 15.9. The van der Waals surface area contributed by atoms with Crippen molar-refractivity contribution in [1.82, 2.24) is 9.55 Å². The number of ether oxygens (including phenoxy) is 1. The molecule has 2 aromatic carbocycles. The molecule has 0 saturated carbocycles. The van der Waals surface area contributed by atoms with Crippen LogP contribution >= 0.6 is 11.6 Å². The first-order valence-corrected chi connectivity index (χ1v) is 8.63. The number of hydrogen-bond donors (Lipinski definition) is 1. The van der Waals surface area contributed by atoms with E-state index in [0.29, 0.717) is 28.1 Å². The molecule has 0 spiro atoms. The number of aromatic nitrogens is 2. The number of H-pyrrole nitrogens is 1. The van der Waals surface area contributed by atoms with Gasteiger partial charge in [-0.15, -0.1) is 0 Å². The molecule has 1 N–H and O–H groups in total. The first kappa shape index (κ1) is 18.9. The van der Waals surface area contributed by atoms with Crippen LogP contribution in [-0.4, -0.2) is 16.7 Å². The van der Waals surface area contributed by atoms with E-state index in [1.54, 1.807) is 44.2 Å². The van der Waals surface area contributed by atoms with Gasteiger partial charge in [-0.1, -0.05) is 35.9 Å². The van der Waals surface area contributed by atoms with Crippen molar-refractivity contribution in [2.24, 2.45) is 0 Å². The lowest BCUT2D eigenvalue weighted by Gasteiger charge is -2.16. The van der Waals surface area contributed by atoms with Crippen LogP contribution in [0.5, 0.6) is 5.75 Å². The number of nitrogens with one attached hydrogen (secondary N) is 1. The van der Waals surface area contributed by atoms with Gasteiger partial charge in [-0.2, -0.15) is 0 Å². The van der Waals surface area contributed by atoms with E-state index in [9.17, 15) is 14.0 Å². The van der Waals surface area contributed by atoms with Gasteiger partial charge in [-0.05, 0) is 31.5 Å². The maximum Gasteiger partial charge on any atom is 0.328 e. The van der Waals surface area contributed by atoms with Gasteiger partial charge < -0.3 is 4.74 Å². The number of methoxy groups -OCH3 is 1. The van der Waals surface area contributed by atoms with Gasteiger partial charge in [-0.3, -0.25) is 14.3 Å². The molecule has 0 atom stereocenters. The van der Waals surface area contributed by atoms with Crippen molar-refractivity contribution in [3.05, 3.63) is 84.9 Å². The van der Waals surface area contributed by atoms with E-state index in [2.05, 4.69) is 4.98 Å². The topological polar surface area (TPSA) is 64.1 Å². The summed E-state index contributed by atoms with van der Waals surface area (Å²) in [6, 6.07) is 9.77. The summed E-state index contributed by atoms with van der Waals surface area (Å²) in [7, 11) is 1.48. The molecule has 0 radical (unpaired) electrons. The standard InChI is InChI=1S/C20H18ClFN2O3/c1-11-6-4-8-15(22)14(11)10-24-12(2)17(19(25)23-20(24)26)13-7-5-9-16(27-3)18(13)21/h4-9H,10H2,1-3H3,(H,23,25,26). The molecular formula is C20H18ClFN2O3. The number of aromatic amines is 1. The fourth-order valence-corrected chi connectivity index (χ4v) is 3.37. The molecule has 0 bridgehead atoms. The first-order chi connectivity index (χ1) is 12.8. The molecule has 3 aromatic rings. The largest absolute Gasteiger partial charge is 0.495 e. The molecule has 140 valence electrons. The smallest absolute Gasteiger partial charge is 0.328 e. The highest BCUT2D eigenvalue weighted by molar-refractivity contribution is 6.34. The van der Waals surface area contributed by atoms with Gasteiger partial charge in [0.05, 0.1) is 24.2 Å². The Labute approximate surface area is 160 Å². The Morgan fingerprint density at radius 2 is 1.85 bits per heavy atom. The van der Waals surface area contributed by atoms with Crippen molar-refractivity contribution < 1.29 is 9.13 Å². The number of hydrogen-bond acceptors (Lipinski definition) is 3. The molecule has 0 aliphatic heterocycles. The average molecular weight is 389 g/mol. The molecule has 3 rings (SSSR count). The third-order valence-corrected chi connectivity index (χ3v) is 4.97. The fourth-order valence-electron chi connectivity index (χ4n) is 3.07. The lowest BCUT2D eigenvalue weighted by Crippen LogP contribution is -2.33. The average Bonchev–Trinajstić information content (AvgIpc) is 2.62.